The molecule has 25 heavy (non-hydrogen) atoms. The summed E-state index contributed by atoms with van der Waals surface area (Å²) in [4.78, 5) is 19.7. The Labute approximate surface area is 142 Å². The summed E-state index contributed by atoms with van der Waals surface area (Å²) in [6.45, 7) is 0.104. The second-order valence-electron chi connectivity index (χ2n) is 5.45. The SMILES string of the molecule is Cn1cc(-c2cc(F)cc(CNC(=O)c3ncnc(N)c3N)c2)cn1. The van der Waals surface area contributed by atoms with Crippen molar-refractivity contribution >= 4 is 17.4 Å². The summed E-state index contributed by atoms with van der Waals surface area (Å²) in [5.41, 5.74) is 13.3. The molecule has 0 saturated heterocycles. The van der Waals surface area contributed by atoms with Gasteiger partial charge in [-0.1, -0.05) is 0 Å². The van der Waals surface area contributed by atoms with Crippen molar-refractivity contribution in [3.05, 3.63) is 54.0 Å². The van der Waals surface area contributed by atoms with Gasteiger partial charge in [0.25, 0.3) is 5.91 Å². The van der Waals surface area contributed by atoms with E-state index in [2.05, 4.69) is 20.4 Å². The van der Waals surface area contributed by atoms with Crippen LogP contribution in [0.5, 0.6) is 0 Å². The fourth-order valence-electron chi connectivity index (χ4n) is 2.35. The van der Waals surface area contributed by atoms with Gasteiger partial charge in [0.05, 0.1) is 6.20 Å². The van der Waals surface area contributed by atoms with Crippen LogP contribution in [0.1, 0.15) is 16.1 Å². The maximum absolute atomic E-state index is 13.9. The summed E-state index contributed by atoms with van der Waals surface area (Å²) in [5, 5.41) is 6.71. The number of halogens is 1. The Morgan fingerprint density at radius 1 is 1.24 bits per heavy atom. The number of amides is 1. The van der Waals surface area contributed by atoms with Gasteiger partial charge < -0.3 is 16.8 Å². The first-order chi connectivity index (χ1) is 11.9. The van der Waals surface area contributed by atoms with E-state index in [0.717, 1.165) is 11.9 Å². The normalized spacial score (nSPS) is 10.6. The molecule has 0 bridgehead atoms. The van der Waals surface area contributed by atoms with Crippen molar-refractivity contribution in [2.24, 2.45) is 7.05 Å². The average molecular weight is 341 g/mol. The molecule has 1 amide bonds. The third-order valence-electron chi connectivity index (χ3n) is 3.58. The molecule has 1 aromatic carbocycles. The van der Waals surface area contributed by atoms with Gasteiger partial charge in [0, 0.05) is 25.4 Å². The van der Waals surface area contributed by atoms with E-state index in [0.29, 0.717) is 11.1 Å². The van der Waals surface area contributed by atoms with Gasteiger partial charge in [-0.25, -0.2) is 14.4 Å². The van der Waals surface area contributed by atoms with E-state index in [9.17, 15) is 9.18 Å². The van der Waals surface area contributed by atoms with Crippen LogP contribution in [-0.4, -0.2) is 25.7 Å². The van der Waals surface area contributed by atoms with Crippen LogP contribution in [-0.2, 0) is 13.6 Å². The predicted molar refractivity (Wildman–Crippen MR) is 90.6 cm³/mol. The molecule has 3 aromatic rings. The molecule has 0 fully saturated rings. The lowest BCUT2D eigenvalue weighted by atomic mass is 10.1. The van der Waals surface area contributed by atoms with E-state index in [1.54, 1.807) is 30.2 Å². The number of carbonyl (C=O) groups is 1. The molecule has 128 valence electrons. The van der Waals surface area contributed by atoms with Crippen LogP contribution in [0.15, 0.2) is 36.9 Å². The van der Waals surface area contributed by atoms with Gasteiger partial charge in [-0.3, -0.25) is 9.48 Å². The quantitative estimate of drug-likeness (QED) is 0.653. The smallest absolute Gasteiger partial charge is 0.272 e. The molecule has 0 aliphatic heterocycles. The van der Waals surface area contributed by atoms with Gasteiger partial charge in [0.1, 0.15) is 17.8 Å². The second-order valence-corrected chi connectivity index (χ2v) is 5.45. The first-order valence-electron chi connectivity index (χ1n) is 7.36. The Balaban J connectivity index is 1.78. The van der Waals surface area contributed by atoms with Crippen molar-refractivity contribution in [3.8, 4) is 11.1 Å². The minimum Gasteiger partial charge on any atom is -0.394 e. The van der Waals surface area contributed by atoms with Crippen LogP contribution in [0.3, 0.4) is 0 Å². The Morgan fingerprint density at radius 3 is 2.76 bits per heavy atom. The van der Waals surface area contributed by atoms with Crippen LogP contribution in [0, 0.1) is 5.82 Å². The molecule has 9 heteroatoms. The second kappa shape index (κ2) is 6.56. The molecular formula is C16H16FN7O. The summed E-state index contributed by atoms with van der Waals surface area (Å²) in [6, 6.07) is 4.53. The highest BCUT2D eigenvalue weighted by molar-refractivity contribution is 5.98. The fourth-order valence-corrected chi connectivity index (χ4v) is 2.35. The summed E-state index contributed by atoms with van der Waals surface area (Å²) in [7, 11) is 1.78. The highest BCUT2D eigenvalue weighted by Crippen LogP contribution is 2.21. The summed E-state index contributed by atoms with van der Waals surface area (Å²) in [6.07, 6.45) is 4.58. The molecular weight excluding hydrogens is 325 g/mol. The fraction of sp³-hybridized carbons (Fsp3) is 0.125. The molecule has 0 spiro atoms. The highest BCUT2D eigenvalue weighted by Gasteiger charge is 2.14. The maximum atomic E-state index is 13.9. The molecule has 2 aromatic heterocycles. The molecule has 0 radical (unpaired) electrons. The Bertz CT molecular complexity index is 938. The first kappa shape index (κ1) is 16.4. The van der Waals surface area contributed by atoms with Crippen molar-refractivity contribution in [2.75, 3.05) is 11.5 Å². The van der Waals surface area contributed by atoms with Gasteiger partial charge in [0.15, 0.2) is 11.5 Å². The predicted octanol–water partition coefficient (Wildman–Crippen LogP) is 1.11. The molecule has 0 saturated carbocycles. The Hall–Kier alpha value is -3.49. The van der Waals surface area contributed by atoms with E-state index < -0.39 is 11.7 Å². The number of nitrogens with one attached hydrogen (secondary N) is 1. The zero-order chi connectivity index (χ0) is 18.0. The zero-order valence-electron chi connectivity index (χ0n) is 13.4. The molecule has 0 atom stereocenters. The molecule has 0 unspecified atom stereocenters. The molecule has 5 N–H and O–H groups in total. The first-order valence-corrected chi connectivity index (χ1v) is 7.36. The Kier molecular flexibility index (Phi) is 4.29. The third kappa shape index (κ3) is 3.55. The number of benzene rings is 1. The van der Waals surface area contributed by atoms with Crippen molar-refractivity contribution in [3.63, 3.8) is 0 Å². The Morgan fingerprint density at radius 2 is 2.04 bits per heavy atom. The minimum absolute atomic E-state index is 0.00953. The molecule has 0 aliphatic rings. The molecule has 2 heterocycles. The summed E-state index contributed by atoms with van der Waals surface area (Å²) >= 11 is 0. The van der Waals surface area contributed by atoms with E-state index in [1.165, 1.54) is 12.1 Å². The van der Waals surface area contributed by atoms with Crippen LogP contribution >= 0.6 is 0 Å². The number of hydrogen-bond donors (Lipinski definition) is 3. The molecule has 0 aliphatic carbocycles. The number of aryl methyl sites for hydroxylation is 1. The zero-order valence-corrected chi connectivity index (χ0v) is 13.4. The summed E-state index contributed by atoms with van der Waals surface area (Å²) < 4.78 is 15.5. The van der Waals surface area contributed by atoms with Gasteiger partial charge in [-0.2, -0.15) is 5.10 Å². The lowest BCUT2D eigenvalue weighted by molar-refractivity contribution is 0.0946. The monoisotopic (exact) mass is 341 g/mol. The van der Waals surface area contributed by atoms with E-state index in [4.69, 9.17) is 11.5 Å². The topological polar surface area (TPSA) is 125 Å². The van der Waals surface area contributed by atoms with Crippen LogP contribution < -0.4 is 16.8 Å². The number of hydrogen-bond acceptors (Lipinski definition) is 6. The lowest BCUT2D eigenvalue weighted by Gasteiger charge is -2.09. The van der Waals surface area contributed by atoms with Crippen molar-refractivity contribution in [2.45, 2.75) is 6.54 Å². The van der Waals surface area contributed by atoms with Crippen LogP contribution in [0.25, 0.3) is 11.1 Å². The molecule has 8 nitrogen and oxygen atoms in total. The largest absolute Gasteiger partial charge is 0.394 e. The maximum Gasteiger partial charge on any atom is 0.272 e. The average Bonchev–Trinajstić information content (AvgIpc) is 3.01. The highest BCUT2D eigenvalue weighted by atomic mass is 19.1. The van der Waals surface area contributed by atoms with Gasteiger partial charge in [-0.05, 0) is 29.3 Å². The van der Waals surface area contributed by atoms with E-state index in [1.807, 2.05) is 0 Å². The van der Waals surface area contributed by atoms with Crippen molar-refractivity contribution in [1.29, 1.82) is 0 Å². The van der Waals surface area contributed by atoms with E-state index >= 15 is 0 Å². The number of carbonyl (C=O) groups excluding carboxylic acids is 1. The minimum atomic E-state index is -0.515. The number of rotatable bonds is 4. The van der Waals surface area contributed by atoms with E-state index in [-0.39, 0.29) is 23.7 Å². The van der Waals surface area contributed by atoms with Gasteiger partial charge >= 0.3 is 0 Å². The third-order valence-corrected chi connectivity index (χ3v) is 3.58. The van der Waals surface area contributed by atoms with Gasteiger partial charge in [-0.15, -0.1) is 0 Å². The van der Waals surface area contributed by atoms with Crippen LogP contribution in [0.2, 0.25) is 0 Å². The van der Waals surface area contributed by atoms with Gasteiger partial charge in [0.2, 0.25) is 0 Å². The van der Waals surface area contributed by atoms with Crippen LogP contribution in [0.4, 0.5) is 15.9 Å². The summed E-state index contributed by atoms with van der Waals surface area (Å²) in [5.74, 6) is -0.889. The number of aromatic nitrogens is 4. The number of nitrogen functional groups attached to an aromatic ring is 2. The lowest BCUT2D eigenvalue weighted by Crippen LogP contribution is -2.25. The molecule has 3 rings (SSSR count). The van der Waals surface area contributed by atoms with Crippen molar-refractivity contribution in [1.82, 2.24) is 25.1 Å². The number of anilines is 2. The number of nitrogens with zero attached hydrogens (tertiary/aromatic N) is 4. The standard InChI is InChI=1S/C16H16FN7O/c1-24-7-11(6-23-24)10-2-9(3-12(17)4-10)5-20-16(25)14-13(18)15(19)22-8-21-14/h2-4,6-8H,5,18H2,1H3,(H,20,25)(H2,19,21,22). The van der Waals surface area contributed by atoms with Crippen molar-refractivity contribution < 1.29 is 9.18 Å². The number of nitrogens with two attached hydrogens (primary N) is 2.